The second-order valence-electron chi connectivity index (χ2n) is 3.91. The molecule has 1 rings (SSSR count). The van der Waals surface area contributed by atoms with Crippen LogP contribution >= 0.6 is 0 Å². The Morgan fingerprint density at radius 1 is 1.28 bits per heavy atom. The Morgan fingerprint density at radius 2 is 2.00 bits per heavy atom. The molecule has 0 aromatic heterocycles. The summed E-state index contributed by atoms with van der Waals surface area (Å²) >= 11 is 0. The second kappa shape index (κ2) is 7.71. The van der Waals surface area contributed by atoms with Crippen molar-refractivity contribution >= 4 is 5.97 Å². The van der Waals surface area contributed by atoms with Gasteiger partial charge in [-0.05, 0) is 25.5 Å². The molecule has 0 aliphatic heterocycles. The number of aliphatic hydroxyl groups is 1. The maximum absolute atomic E-state index is 11.2. The van der Waals surface area contributed by atoms with Gasteiger partial charge in [0.25, 0.3) is 0 Å². The van der Waals surface area contributed by atoms with E-state index in [0.29, 0.717) is 19.6 Å². The molecule has 0 spiro atoms. The summed E-state index contributed by atoms with van der Waals surface area (Å²) in [6.07, 6.45) is -0.353. The summed E-state index contributed by atoms with van der Waals surface area (Å²) in [6.45, 7) is 4.56. The zero-order valence-corrected chi connectivity index (χ0v) is 10.9. The van der Waals surface area contributed by atoms with Crippen LogP contribution in [-0.4, -0.2) is 30.4 Å². The van der Waals surface area contributed by atoms with E-state index in [2.05, 4.69) is 0 Å². The lowest BCUT2D eigenvalue weighted by Gasteiger charge is -2.13. The molecule has 0 fully saturated rings. The van der Waals surface area contributed by atoms with E-state index in [1.54, 1.807) is 6.92 Å². The van der Waals surface area contributed by atoms with Crippen LogP contribution in [-0.2, 0) is 16.0 Å². The van der Waals surface area contributed by atoms with Crippen molar-refractivity contribution in [2.24, 2.45) is 0 Å². The molecule has 0 aliphatic rings. The molecule has 1 aromatic carbocycles. The van der Waals surface area contributed by atoms with Gasteiger partial charge >= 0.3 is 5.97 Å². The average Bonchev–Trinajstić information content (AvgIpc) is 2.32. The Hall–Kier alpha value is -1.55. The molecule has 0 unspecified atom stereocenters. The van der Waals surface area contributed by atoms with Gasteiger partial charge in [-0.25, -0.2) is 0 Å². The van der Waals surface area contributed by atoms with E-state index in [1.165, 1.54) is 0 Å². The summed E-state index contributed by atoms with van der Waals surface area (Å²) in [5.41, 5.74) is 0.899. The van der Waals surface area contributed by atoms with Gasteiger partial charge in [0.1, 0.15) is 5.75 Å². The molecule has 1 atom stereocenters. The molecule has 1 aromatic rings. The summed E-state index contributed by atoms with van der Waals surface area (Å²) in [4.78, 5) is 11.2. The van der Waals surface area contributed by atoms with Crippen molar-refractivity contribution in [2.75, 3.05) is 13.2 Å². The van der Waals surface area contributed by atoms with Crippen molar-refractivity contribution in [2.45, 2.75) is 32.8 Å². The Bertz CT molecular complexity index is 376. The summed E-state index contributed by atoms with van der Waals surface area (Å²) in [7, 11) is 0. The number of carbonyl (C=O) groups excluding carboxylic acids is 1. The van der Waals surface area contributed by atoms with Crippen LogP contribution in [0.3, 0.4) is 0 Å². The van der Waals surface area contributed by atoms with Crippen molar-refractivity contribution in [3.8, 4) is 5.75 Å². The van der Waals surface area contributed by atoms with Gasteiger partial charge in [-0.2, -0.15) is 0 Å². The number of hydrogen-bond donors (Lipinski definition) is 1. The Kier molecular flexibility index (Phi) is 6.22. The lowest BCUT2D eigenvalue weighted by molar-refractivity contribution is -0.145. The van der Waals surface area contributed by atoms with E-state index in [0.717, 1.165) is 11.3 Å². The predicted octanol–water partition coefficient (Wildman–Crippen LogP) is 1.94. The van der Waals surface area contributed by atoms with Crippen LogP contribution in [0.25, 0.3) is 0 Å². The van der Waals surface area contributed by atoms with Gasteiger partial charge in [0.15, 0.2) is 0 Å². The van der Waals surface area contributed by atoms with E-state index in [9.17, 15) is 9.90 Å². The number of para-hydroxylation sites is 1. The van der Waals surface area contributed by atoms with E-state index in [-0.39, 0.29) is 12.4 Å². The Balaban J connectivity index is 2.58. The monoisotopic (exact) mass is 252 g/mol. The molecular weight excluding hydrogens is 232 g/mol. The standard InChI is InChI=1S/C14H20O4/c1-3-17-13-8-6-5-7-11(13)9-12(15)10-14(16)18-4-2/h5-8,12,15H,3-4,9-10H2,1-2H3/t12-/m1/s1. The van der Waals surface area contributed by atoms with Crippen LogP contribution in [0.15, 0.2) is 24.3 Å². The minimum atomic E-state index is -0.745. The minimum Gasteiger partial charge on any atom is -0.494 e. The number of aliphatic hydroxyl groups excluding tert-OH is 1. The fourth-order valence-corrected chi connectivity index (χ4v) is 1.71. The highest BCUT2D eigenvalue weighted by atomic mass is 16.5. The molecule has 0 aliphatic carbocycles. The van der Waals surface area contributed by atoms with Crippen LogP contribution < -0.4 is 4.74 Å². The highest BCUT2D eigenvalue weighted by Crippen LogP contribution is 2.20. The summed E-state index contributed by atoms with van der Waals surface area (Å²) < 4.78 is 10.3. The SMILES string of the molecule is CCOC(=O)C[C@H](O)Cc1ccccc1OCC. The molecule has 18 heavy (non-hydrogen) atoms. The normalized spacial score (nSPS) is 11.9. The zero-order valence-electron chi connectivity index (χ0n) is 10.9. The van der Waals surface area contributed by atoms with Crippen molar-refractivity contribution in [3.05, 3.63) is 29.8 Å². The topological polar surface area (TPSA) is 55.8 Å². The number of rotatable bonds is 7. The Labute approximate surface area is 108 Å². The first-order valence-corrected chi connectivity index (χ1v) is 6.21. The van der Waals surface area contributed by atoms with Gasteiger partial charge in [-0.15, -0.1) is 0 Å². The number of ether oxygens (including phenoxy) is 2. The molecule has 0 bridgehead atoms. The molecule has 100 valence electrons. The first-order chi connectivity index (χ1) is 8.67. The van der Waals surface area contributed by atoms with Crippen LogP contribution in [0, 0.1) is 0 Å². The Morgan fingerprint density at radius 3 is 2.67 bits per heavy atom. The van der Waals surface area contributed by atoms with E-state index >= 15 is 0 Å². The molecule has 0 heterocycles. The summed E-state index contributed by atoms with van der Waals surface area (Å²) in [5.74, 6) is 0.377. The summed E-state index contributed by atoms with van der Waals surface area (Å²) in [5, 5.41) is 9.84. The fraction of sp³-hybridized carbons (Fsp3) is 0.500. The van der Waals surface area contributed by atoms with Gasteiger partial charge in [0, 0.05) is 6.42 Å². The molecule has 0 saturated heterocycles. The van der Waals surface area contributed by atoms with Crippen LogP contribution in [0.1, 0.15) is 25.8 Å². The first kappa shape index (κ1) is 14.5. The van der Waals surface area contributed by atoms with E-state index < -0.39 is 6.10 Å². The summed E-state index contributed by atoms with van der Waals surface area (Å²) in [6, 6.07) is 7.51. The molecule has 1 N–H and O–H groups in total. The van der Waals surface area contributed by atoms with Gasteiger partial charge in [0.2, 0.25) is 0 Å². The number of hydrogen-bond acceptors (Lipinski definition) is 4. The van der Waals surface area contributed by atoms with Crippen LogP contribution in [0.5, 0.6) is 5.75 Å². The lowest BCUT2D eigenvalue weighted by Crippen LogP contribution is -2.18. The molecule has 0 saturated carbocycles. The van der Waals surface area contributed by atoms with Crippen molar-refractivity contribution in [3.63, 3.8) is 0 Å². The average molecular weight is 252 g/mol. The maximum Gasteiger partial charge on any atom is 0.308 e. The lowest BCUT2D eigenvalue weighted by atomic mass is 10.0. The zero-order chi connectivity index (χ0) is 13.4. The van der Waals surface area contributed by atoms with Crippen LogP contribution in [0.2, 0.25) is 0 Å². The van der Waals surface area contributed by atoms with Crippen molar-refractivity contribution in [1.82, 2.24) is 0 Å². The number of carbonyl (C=O) groups is 1. The number of benzene rings is 1. The largest absolute Gasteiger partial charge is 0.494 e. The molecular formula is C14H20O4. The smallest absolute Gasteiger partial charge is 0.308 e. The molecule has 4 heteroatoms. The van der Waals surface area contributed by atoms with E-state index in [4.69, 9.17) is 9.47 Å². The van der Waals surface area contributed by atoms with Gasteiger partial charge in [-0.3, -0.25) is 4.79 Å². The minimum absolute atomic E-state index is 0.00823. The molecule has 0 radical (unpaired) electrons. The van der Waals surface area contributed by atoms with E-state index in [1.807, 2.05) is 31.2 Å². The van der Waals surface area contributed by atoms with Crippen LogP contribution in [0.4, 0.5) is 0 Å². The molecule has 4 nitrogen and oxygen atoms in total. The predicted molar refractivity (Wildman–Crippen MR) is 68.6 cm³/mol. The molecule has 0 amide bonds. The second-order valence-corrected chi connectivity index (χ2v) is 3.91. The third kappa shape index (κ3) is 4.75. The third-order valence-electron chi connectivity index (χ3n) is 2.44. The fourth-order valence-electron chi connectivity index (χ4n) is 1.71. The highest BCUT2D eigenvalue weighted by molar-refractivity contribution is 5.69. The van der Waals surface area contributed by atoms with Crippen molar-refractivity contribution in [1.29, 1.82) is 0 Å². The van der Waals surface area contributed by atoms with Gasteiger partial charge < -0.3 is 14.6 Å². The maximum atomic E-state index is 11.2. The quantitative estimate of drug-likeness (QED) is 0.753. The first-order valence-electron chi connectivity index (χ1n) is 6.21. The highest BCUT2D eigenvalue weighted by Gasteiger charge is 2.14. The third-order valence-corrected chi connectivity index (χ3v) is 2.44. The van der Waals surface area contributed by atoms with Crippen molar-refractivity contribution < 1.29 is 19.4 Å². The number of esters is 1. The van der Waals surface area contributed by atoms with Gasteiger partial charge in [0.05, 0.1) is 25.7 Å². The van der Waals surface area contributed by atoms with Gasteiger partial charge in [-0.1, -0.05) is 18.2 Å².